The summed E-state index contributed by atoms with van der Waals surface area (Å²) in [5.74, 6) is 1.93. The van der Waals surface area contributed by atoms with Crippen LogP contribution in [0.15, 0.2) is 60.4 Å². The molecule has 1 aliphatic carbocycles. The minimum Gasteiger partial charge on any atom is -0.501 e. The smallest absolute Gasteiger partial charge is 0.163 e. The van der Waals surface area contributed by atoms with E-state index in [4.69, 9.17) is 4.74 Å². The highest BCUT2D eigenvalue weighted by atomic mass is 19.1. The lowest BCUT2D eigenvalue weighted by Crippen LogP contribution is -2.01. The van der Waals surface area contributed by atoms with Crippen molar-refractivity contribution in [3.8, 4) is 11.4 Å². The monoisotopic (exact) mass is 362 g/mol. The molecule has 2 aromatic heterocycles. The van der Waals surface area contributed by atoms with Gasteiger partial charge in [-0.1, -0.05) is 6.07 Å². The fraction of sp³-hybridized carbons (Fsp3) is 0.190. The summed E-state index contributed by atoms with van der Waals surface area (Å²) < 4.78 is 19.7. The van der Waals surface area contributed by atoms with Crippen molar-refractivity contribution in [1.29, 1.82) is 0 Å². The van der Waals surface area contributed by atoms with E-state index >= 15 is 0 Å². The predicted octanol–water partition coefficient (Wildman–Crippen LogP) is 4.74. The first-order valence-electron chi connectivity index (χ1n) is 8.73. The molecule has 0 unspecified atom stereocenters. The van der Waals surface area contributed by atoms with Crippen LogP contribution in [-0.4, -0.2) is 29.1 Å². The number of aromatic nitrogens is 3. The molecule has 27 heavy (non-hydrogen) atoms. The first-order valence-corrected chi connectivity index (χ1v) is 8.73. The van der Waals surface area contributed by atoms with Crippen LogP contribution in [0.5, 0.6) is 0 Å². The molecule has 4 rings (SSSR count). The fourth-order valence-corrected chi connectivity index (χ4v) is 3.19. The van der Waals surface area contributed by atoms with E-state index in [9.17, 15) is 4.39 Å². The Kier molecular flexibility index (Phi) is 4.54. The summed E-state index contributed by atoms with van der Waals surface area (Å²) in [5.41, 5.74) is 2.96. The normalized spacial score (nSPS) is 14.3. The number of methoxy groups -OCH3 is 1. The van der Waals surface area contributed by atoms with Gasteiger partial charge in [0.15, 0.2) is 5.82 Å². The Hall–Kier alpha value is -3.28. The molecule has 0 spiro atoms. The second-order valence-corrected chi connectivity index (χ2v) is 6.25. The molecular weight excluding hydrogens is 343 g/mol. The molecule has 136 valence electrons. The van der Waals surface area contributed by atoms with Crippen molar-refractivity contribution in [2.45, 2.75) is 12.8 Å². The van der Waals surface area contributed by atoms with E-state index in [1.165, 1.54) is 0 Å². The Bertz CT molecular complexity index is 1060. The van der Waals surface area contributed by atoms with Crippen LogP contribution in [0.1, 0.15) is 18.4 Å². The van der Waals surface area contributed by atoms with E-state index in [1.54, 1.807) is 25.6 Å². The zero-order valence-corrected chi connectivity index (χ0v) is 15.2. The van der Waals surface area contributed by atoms with Crippen LogP contribution in [0.4, 0.5) is 10.2 Å². The van der Waals surface area contributed by atoms with Gasteiger partial charge in [-0.25, -0.2) is 14.4 Å². The van der Waals surface area contributed by atoms with E-state index in [1.807, 2.05) is 37.4 Å². The second-order valence-electron chi connectivity index (χ2n) is 6.25. The molecule has 5 nitrogen and oxygen atoms in total. The van der Waals surface area contributed by atoms with Crippen LogP contribution in [0, 0.1) is 0 Å². The summed E-state index contributed by atoms with van der Waals surface area (Å²) in [6.45, 7) is 0. The van der Waals surface area contributed by atoms with Crippen LogP contribution in [0.2, 0.25) is 0 Å². The van der Waals surface area contributed by atoms with E-state index in [0.717, 1.165) is 27.8 Å². The third-order valence-electron chi connectivity index (χ3n) is 4.61. The molecule has 0 atom stereocenters. The van der Waals surface area contributed by atoms with Crippen molar-refractivity contribution in [2.24, 2.45) is 0 Å². The molecule has 0 fully saturated rings. The largest absolute Gasteiger partial charge is 0.501 e. The van der Waals surface area contributed by atoms with E-state index < -0.39 is 0 Å². The molecule has 3 aromatic rings. The average molecular weight is 362 g/mol. The third-order valence-corrected chi connectivity index (χ3v) is 4.61. The molecule has 2 heterocycles. The van der Waals surface area contributed by atoms with Crippen LogP contribution < -0.4 is 5.32 Å². The molecule has 0 bridgehead atoms. The summed E-state index contributed by atoms with van der Waals surface area (Å²) in [6.07, 6.45) is 6.14. The van der Waals surface area contributed by atoms with Crippen molar-refractivity contribution in [2.75, 3.05) is 19.5 Å². The van der Waals surface area contributed by atoms with Crippen molar-refractivity contribution in [3.05, 3.63) is 66.0 Å². The zero-order valence-electron chi connectivity index (χ0n) is 15.2. The number of allylic oxidation sites excluding steroid dienone is 4. The van der Waals surface area contributed by atoms with Gasteiger partial charge in [-0.2, -0.15) is 0 Å². The maximum atomic E-state index is 14.4. The molecule has 0 saturated heterocycles. The molecule has 0 aliphatic heterocycles. The van der Waals surface area contributed by atoms with Crippen molar-refractivity contribution in [3.63, 3.8) is 0 Å². The Morgan fingerprint density at radius 3 is 2.74 bits per heavy atom. The molecule has 0 amide bonds. The Morgan fingerprint density at radius 1 is 1.11 bits per heavy atom. The molecule has 0 radical (unpaired) electrons. The maximum Gasteiger partial charge on any atom is 0.163 e. The van der Waals surface area contributed by atoms with Gasteiger partial charge >= 0.3 is 0 Å². The van der Waals surface area contributed by atoms with Crippen LogP contribution in [0.3, 0.4) is 0 Å². The highest BCUT2D eigenvalue weighted by molar-refractivity contribution is 5.94. The first-order chi connectivity index (χ1) is 13.2. The number of anilines is 1. The highest BCUT2D eigenvalue weighted by Gasteiger charge is 2.17. The number of halogens is 1. The lowest BCUT2D eigenvalue weighted by atomic mass is 9.96. The van der Waals surface area contributed by atoms with Gasteiger partial charge in [0.2, 0.25) is 0 Å². The second kappa shape index (κ2) is 7.15. The summed E-state index contributed by atoms with van der Waals surface area (Å²) in [7, 11) is 3.42. The van der Waals surface area contributed by atoms with Gasteiger partial charge in [0.1, 0.15) is 11.6 Å². The molecular formula is C21H19FN4O. The lowest BCUT2D eigenvalue weighted by molar-refractivity contribution is 0.273. The van der Waals surface area contributed by atoms with E-state index in [2.05, 4.69) is 20.3 Å². The number of hydrogen-bond acceptors (Lipinski definition) is 5. The topological polar surface area (TPSA) is 59.9 Å². The SMILES string of the molecule is CNc1nc(-c2cccnc2)nc2ccc(C3=C(F)CCC(OC)=C3)cc12. The number of ether oxygens (including phenoxy) is 1. The number of fused-ring (bicyclic) bond motifs is 1. The van der Waals surface area contributed by atoms with Crippen molar-refractivity contribution >= 4 is 22.3 Å². The predicted molar refractivity (Wildman–Crippen MR) is 105 cm³/mol. The number of nitrogens with one attached hydrogen (secondary N) is 1. The molecule has 0 saturated carbocycles. The number of pyridine rings is 1. The van der Waals surface area contributed by atoms with Gasteiger partial charge in [0, 0.05) is 48.8 Å². The maximum absolute atomic E-state index is 14.4. The van der Waals surface area contributed by atoms with Crippen LogP contribution >= 0.6 is 0 Å². The van der Waals surface area contributed by atoms with Gasteiger partial charge in [-0.3, -0.25) is 4.98 Å². The highest BCUT2D eigenvalue weighted by Crippen LogP contribution is 2.34. The minimum absolute atomic E-state index is 0.131. The van der Waals surface area contributed by atoms with Crippen LogP contribution in [-0.2, 0) is 4.74 Å². The molecule has 1 aromatic carbocycles. The number of rotatable bonds is 4. The Morgan fingerprint density at radius 2 is 2.00 bits per heavy atom. The third kappa shape index (κ3) is 3.26. The number of benzene rings is 1. The van der Waals surface area contributed by atoms with Gasteiger partial charge < -0.3 is 10.1 Å². The molecule has 1 aliphatic rings. The fourth-order valence-electron chi connectivity index (χ4n) is 3.19. The molecule has 1 N–H and O–H groups in total. The summed E-state index contributed by atoms with van der Waals surface area (Å²) in [6, 6.07) is 9.45. The number of hydrogen-bond donors (Lipinski definition) is 1. The first kappa shape index (κ1) is 17.1. The molecule has 6 heteroatoms. The van der Waals surface area contributed by atoms with Gasteiger partial charge in [0.05, 0.1) is 18.4 Å². The van der Waals surface area contributed by atoms with E-state index in [-0.39, 0.29) is 5.83 Å². The number of nitrogens with zero attached hydrogens (tertiary/aromatic N) is 3. The zero-order chi connectivity index (χ0) is 18.8. The van der Waals surface area contributed by atoms with Gasteiger partial charge in [-0.15, -0.1) is 0 Å². The summed E-state index contributed by atoms with van der Waals surface area (Å²) >= 11 is 0. The van der Waals surface area contributed by atoms with Crippen LogP contribution in [0.25, 0.3) is 27.9 Å². The lowest BCUT2D eigenvalue weighted by Gasteiger charge is -2.16. The average Bonchev–Trinajstić information content (AvgIpc) is 2.73. The Balaban J connectivity index is 1.85. The van der Waals surface area contributed by atoms with Gasteiger partial charge in [-0.05, 0) is 35.9 Å². The van der Waals surface area contributed by atoms with Gasteiger partial charge in [0.25, 0.3) is 0 Å². The summed E-state index contributed by atoms with van der Waals surface area (Å²) in [4.78, 5) is 13.4. The summed E-state index contributed by atoms with van der Waals surface area (Å²) in [5, 5.41) is 3.95. The van der Waals surface area contributed by atoms with Crippen molar-refractivity contribution in [1.82, 2.24) is 15.0 Å². The van der Waals surface area contributed by atoms with E-state index in [0.29, 0.717) is 30.1 Å². The Labute approximate surface area is 156 Å². The standard InChI is InChI=1S/C21H19FN4O/c1-23-21-17-10-13(16-11-15(27-2)6-7-18(16)22)5-8-19(17)25-20(26-21)14-4-3-9-24-12-14/h3-5,8-12H,6-7H2,1-2H3,(H,23,25,26). The quantitative estimate of drug-likeness (QED) is 0.726. The minimum atomic E-state index is -0.131. The van der Waals surface area contributed by atoms with Crippen molar-refractivity contribution < 1.29 is 9.13 Å².